The van der Waals surface area contributed by atoms with E-state index in [1.54, 1.807) is 4.90 Å². The molecule has 61 heavy (non-hydrogen) atoms. The molecule has 9 rings (SSSR count). The van der Waals surface area contributed by atoms with Crippen LogP contribution in [0.3, 0.4) is 0 Å². The standard InChI is InChI=1S/C45H58N10O5S/c1-60-44(57)45(31-47-12-17-55(45)27-33-7-9-40-36(23-33)25-38(50-40)29-52-15-4-5-16-52)61(58,59)30-34-10-11-48-43(41(34)42(46)56)54-20-18-53(19-21-54)26-32-6-8-39-35(22-32)24-37(49-39)28-51-13-2-3-14-51/h6-11,22-25,47,49-50H,2-5,12-21,26-31H2,1H3,(H2,46,56)/t45-/m1/s1. The molecule has 0 bridgehead atoms. The number of ether oxygens (including phenoxy) is 1. The molecule has 5 aromatic rings. The predicted molar refractivity (Wildman–Crippen MR) is 237 cm³/mol. The van der Waals surface area contributed by atoms with E-state index in [9.17, 15) is 18.0 Å². The third-order valence-electron chi connectivity index (χ3n) is 13.2. The lowest BCUT2D eigenvalue weighted by Crippen LogP contribution is -2.69. The first-order chi connectivity index (χ1) is 29.6. The number of carbonyl (C=O) groups is 2. The average Bonchev–Trinajstić information content (AvgIpc) is 4.09. The van der Waals surface area contributed by atoms with Crippen molar-refractivity contribution in [2.45, 2.75) is 62.5 Å². The molecule has 0 aliphatic carbocycles. The van der Waals surface area contributed by atoms with Crippen molar-refractivity contribution in [3.8, 4) is 0 Å². The monoisotopic (exact) mass is 850 g/mol. The maximum absolute atomic E-state index is 14.9. The summed E-state index contributed by atoms with van der Waals surface area (Å²) in [5, 5.41) is 5.41. The van der Waals surface area contributed by atoms with Crippen LogP contribution in [0.25, 0.3) is 21.8 Å². The first kappa shape index (κ1) is 41.5. The molecule has 0 radical (unpaired) electrons. The van der Waals surface area contributed by atoms with Crippen LogP contribution in [-0.2, 0) is 51.3 Å². The van der Waals surface area contributed by atoms with Crippen molar-refractivity contribution >= 4 is 49.3 Å². The number of esters is 1. The van der Waals surface area contributed by atoms with Gasteiger partial charge in [-0.25, -0.2) is 18.2 Å². The molecule has 324 valence electrons. The number of pyridine rings is 1. The Morgan fingerprint density at radius 1 is 0.738 bits per heavy atom. The van der Waals surface area contributed by atoms with E-state index in [-0.39, 0.29) is 30.8 Å². The molecular weight excluding hydrogens is 793 g/mol. The molecule has 1 amide bonds. The molecular formula is C45H58N10O5S. The van der Waals surface area contributed by atoms with Crippen molar-refractivity contribution in [1.29, 1.82) is 0 Å². The summed E-state index contributed by atoms with van der Waals surface area (Å²) >= 11 is 0. The van der Waals surface area contributed by atoms with E-state index in [2.05, 4.69) is 71.4 Å². The molecule has 4 fully saturated rings. The number of hydrogen-bond donors (Lipinski definition) is 4. The van der Waals surface area contributed by atoms with Crippen LogP contribution in [0.15, 0.2) is 60.8 Å². The smallest absolute Gasteiger partial charge is 0.343 e. The van der Waals surface area contributed by atoms with Crippen molar-refractivity contribution in [2.24, 2.45) is 5.73 Å². The van der Waals surface area contributed by atoms with Gasteiger partial charge in [-0.3, -0.25) is 24.4 Å². The Hall–Kier alpha value is -4.84. The number of nitrogens with one attached hydrogen (secondary N) is 3. The number of anilines is 1. The molecule has 4 aliphatic rings. The van der Waals surface area contributed by atoms with Gasteiger partial charge in [-0.15, -0.1) is 0 Å². The zero-order chi connectivity index (χ0) is 42.1. The summed E-state index contributed by atoms with van der Waals surface area (Å²) in [6.45, 7) is 10.5. The number of nitrogens with two attached hydrogens (primary N) is 1. The number of hydrogen-bond acceptors (Lipinski definition) is 12. The van der Waals surface area contributed by atoms with Crippen LogP contribution < -0.4 is 16.0 Å². The highest BCUT2D eigenvalue weighted by Crippen LogP contribution is 2.34. The number of sulfone groups is 1. The Morgan fingerprint density at radius 3 is 1.89 bits per heavy atom. The molecule has 4 saturated heterocycles. The minimum atomic E-state index is -4.39. The number of amides is 1. The second-order valence-corrected chi connectivity index (χ2v) is 19.5. The maximum atomic E-state index is 14.9. The molecule has 0 saturated carbocycles. The zero-order valence-electron chi connectivity index (χ0n) is 35.1. The maximum Gasteiger partial charge on any atom is 0.343 e. The molecule has 4 aliphatic heterocycles. The number of carbonyl (C=O) groups excluding carboxylic acids is 2. The summed E-state index contributed by atoms with van der Waals surface area (Å²) in [5.74, 6) is -1.89. The lowest BCUT2D eigenvalue weighted by atomic mass is 10.1. The van der Waals surface area contributed by atoms with E-state index in [1.165, 1.54) is 61.7 Å². The third-order valence-corrected chi connectivity index (χ3v) is 15.5. The van der Waals surface area contributed by atoms with Gasteiger partial charge >= 0.3 is 5.97 Å². The van der Waals surface area contributed by atoms with Crippen LogP contribution in [0, 0.1) is 0 Å². The fraction of sp³-hybridized carbons (Fsp3) is 0.489. The van der Waals surface area contributed by atoms with E-state index in [1.807, 2.05) is 17.0 Å². The Bertz CT molecular complexity index is 2500. The summed E-state index contributed by atoms with van der Waals surface area (Å²) in [6.07, 6.45) is 6.50. The van der Waals surface area contributed by atoms with E-state index in [4.69, 9.17) is 10.5 Å². The minimum Gasteiger partial charge on any atom is -0.467 e. The Labute approximate surface area is 357 Å². The summed E-state index contributed by atoms with van der Waals surface area (Å²) in [5.41, 5.74) is 13.0. The summed E-state index contributed by atoms with van der Waals surface area (Å²) in [4.78, 5) is 47.9. The number of H-pyrrole nitrogens is 2. The Balaban J connectivity index is 0.907. The van der Waals surface area contributed by atoms with Crippen LogP contribution in [0.2, 0.25) is 0 Å². The number of methoxy groups -OCH3 is 1. The summed E-state index contributed by atoms with van der Waals surface area (Å²) in [7, 11) is -3.18. The molecule has 15 nitrogen and oxygen atoms in total. The number of piperazine rings is 2. The normalized spacial score (nSPS) is 21.2. The highest BCUT2D eigenvalue weighted by molar-refractivity contribution is 7.92. The van der Waals surface area contributed by atoms with Crippen molar-refractivity contribution in [2.75, 3.05) is 84.0 Å². The molecule has 2 aromatic carbocycles. The first-order valence-corrected chi connectivity index (χ1v) is 23.4. The highest BCUT2D eigenvalue weighted by atomic mass is 32.2. The number of fused-ring (bicyclic) bond motifs is 2. The number of benzene rings is 2. The number of aromatic nitrogens is 3. The van der Waals surface area contributed by atoms with Crippen LogP contribution in [0.5, 0.6) is 0 Å². The summed E-state index contributed by atoms with van der Waals surface area (Å²) < 4.78 is 35.1. The van der Waals surface area contributed by atoms with E-state index in [0.717, 1.165) is 73.5 Å². The largest absolute Gasteiger partial charge is 0.467 e. The van der Waals surface area contributed by atoms with Gasteiger partial charge in [0.2, 0.25) is 4.87 Å². The number of likely N-dealkylation sites (tertiary alicyclic amines) is 2. The zero-order valence-corrected chi connectivity index (χ0v) is 35.9. The molecule has 1 atom stereocenters. The topological polar surface area (TPSA) is 176 Å². The van der Waals surface area contributed by atoms with Gasteiger partial charge in [0.1, 0.15) is 5.82 Å². The fourth-order valence-electron chi connectivity index (χ4n) is 10.0. The summed E-state index contributed by atoms with van der Waals surface area (Å²) in [6, 6.07) is 18.6. The van der Waals surface area contributed by atoms with Gasteiger partial charge in [0.25, 0.3) is 5.91 Å². The minimum absolute atomic E-state index is 0.0557. The lowest BCUT2D eigenvalue weighted by Gasteiger charge is -2.44. The van der Waals surface area contributed by atoms with Gasteiger partial charge in [0.15, 0.2) is 9.84 Å². The number of rotatable bonds is 14. The Kier molecular flexibility index (Phi) is 11.9. The van der Waals surface area contributed by atoms with Crippen LogP contribution in [0.4, 0.5) is 5.82 Å². The van der Waals surface area contributed by atoms with Gasteiger partial charge in [-0.05, 0) is 111 Å². The fourth-order valence-corrected chi connectivity index (χ4v) is 12.1. The lowest BCUT2D eigenvalue weighted by molar-refractivity contribution is -0.150. The molecule has 0 spiro atoms. The van der Waals surface area contributed by atoms with Gasteiger partial charge in [0, 0.05) is 111 Å². The first-order valence-electron chi connectivity index (χ1n) is 21.8. The molecule has 7 heterocycles. The van der Waals surface area contributed by atoms with Gasteiger partial charge in [-0.1, -0.05) is 12.1 Å². The van der Waals surface area contributed by atoms with Crippen molar-refractivity contribution in [3.63, 3.8) is 0 Å². The number of nitrogens with zero attached hydrogens (tertiary/aromatic N) is 6. The molecule has 16 heteroatoms. The molecule has 0 unspecified atom stereocenters. The number of aromatic amines is 2. The van der Waals surface area contributed by atoms with Gasteiger partial charge < -0.3 is 30.7 Å². The van der Waals surface area contributed by atoms with Crippen molar-refractivity contribution in [3.05, 3.63) is 94.4 Å². The quantitative estimate of drug-likeness (QED) is 0.120. The number of primary amides is 1. The van der Waals surface area contributed by atoms with Crippen molar-refractivity contribution in [1.82, 2.24) is 39.9 Å². The second-order valence-electron chi connectivity index (χ2n) is 17.3. The van der Waals surface area contributed by atoms with Crippen LogP contribution in [0.1, 0.15) is 64.1 Å². The average molecular weight is 851 g/mol. The highest BCUT2D eigenvalue weighted by Gasteiger charge is 2.57. The van der Waals surface area contributed by atoms with Gasteiger partial charge in [0.05, 0.1) is 18.4 Å². The van der Waals surface area contributed by atoms with Crippen LogP contribution >= 0.6 is 0 Å². The SMILES string of the molecule is COC(=O)[C@]1(S(=O)(=O)Cc2ccnc(N3CCN(Cc4ccc5[nH]c(CN6CCCC6)cc5c4)CC3)c2C(N)=O)CNCCN1Cc1ccc2[nH]c(CN3CCCC3)cc2c1. The van der Waals surface area contributed by atoms with E-state index in [0.29, 0.717) is 38.5 Å². The molecule has 3 aromatic heterocycles. The van der Waals surface area contributed by atoms with E-state index < -0.39 is 32.3 Å². The van der Waals surface area contributed by atoms with Crippen LogP contribution in [-0.4, -0.2) is 139 Å². The van der Waals surface area contributed by atoms with Crippen molar-refractivity contribution < 1.29 is 22.7 Å². The second kappa shape index (κ2) is 17.5. The Morgan fingerprint density at radius 2 is 1.31 bits per heavy atom. The predicted octanol–water partition coefficient (Wildman–Crippen LogP) is 3.55. The van der Waals surface area contributed by atoms with E-state index >= 15 is 0 Å². The third kappa shape index (κ3) is 8.53. The van der Waals surface area contributed by atoms with Gasteiger partial charge in [-0.2, -0.15) is 0 Å². The molecule has 5 N–H and O–H groups in total.